The van der Waals surface area contributed by atoms with Crippen molar-refractivity contribution in [1.29, 1.82) is 0 Å². The van der Waals surface area contributed by atoms with Gasteiger partial charge in [0.05, 0.1) is 19.8 Å². The molecular formula is C21H23NO4S. The van der Waals surface area contributed by atoms with Gasteiger partial charge in [-0.3, -0.25) is 4.79 Å². The Morgan fingerprint density at radius 3 is 2.78 bits per heavy atom. The van der Waals surface area contributed by atoms with Crippen LogP contribution in [0.25, 0.3) is 6.08 Å². The first-order valence-electron chi connectivity index (χ1n) is 8.88. The Bertz CT molecular complexity index is 884. The number of fused-ring (bicyclic) bond motifs is 1. The van der Waals surface area contributed by atoms with E-state index in [1.165, 1.54) is 24.5 Å². The standard InChI is InChI=1S/C21H23NO4S/c1-13-8-10-15-17(12-13)27-20(19(15)21(24)26-3)22-18(23)11-9-14-6-4-5-7-16(14)25-2/h4-7,9,11,13H,8,10,12H2,1-3H3,(H,22,23)/b11-9+/t13-/m1/s1. The predicted molar refractivity (Wildman–Crippen MR) is 108 cm³/mol. The lowest BCUT2D eigenvalue weighted by Gasteiger charge is -2.18. The number of anilines is 1. The molecule has 1 amide bonds. The minimum Gasteiger partial charge on any atom is -0.496 e. The van der Waals surface area contributed by atoms with Crippen LogP contribution in [0.15, 0.2) is 30.3 Å². The van der Waals surface area contributed by atoms with Crippen molar-refractivity contribution < 1.29 is 19.1 Å². The number of benzene rings is 1. The molecule has 1 heterocycles. The molecule has 1 atom stereocenters. The summed E-state index contributed by atoms with van der Waals surface area (Å²) in [6.45, 7) is 2.20. The molecule has 0 unspecified atom stereocenters. The van der Waals surface area contributed by atoms with Crippen molar-refractivity contribution in [3.8, 4) is 5.75 Å². The van der Waals surface area contributed by atoms with Crippen LogP contribution < -0.4 is 10.1 Å². The Hall–Kier alpha value is -2.60. The summed E-state index contributed by atoms with van der Waals surface area (Å²) in [4.78, 5) is 25.9. The molecule has 0 spiro atoms. The van der Waals surface area contributed by atoms with Gasteiger partial charge < -0.3 is 14.8 Å². The van der Waals surface area contributed by atoms with E-state index < -0.39 is 5.97 Å². The molecule has 1 aromatic heterocycles. The van der Waals surface area contributed by atoms with E-state index in [1.54, 1.807) is 13.2 Å². The Balaban J connectivity index is 1.83. The van der Waals surface area contributed by atoms with E-state index in [0.29, 0.717) is 22.2 Å². The number of hydrogen-bond acceptors (Lipinski definition) is 5. The number of rotatable bonds is 5. The molecule has 0 fully saturated rings. The van der Waals surface area contributed by atoms with Crippen LogP contribution in [-0.4, -0.2) is 26.1 Å². The highest BCUT2D eigenvalue weighted by Crippen LogP contribution is 2.40. The molecule has 0 bridgehead atoms. The highest BCUT2D eigenvalue weighted by atomic mass is 32.1. The average Bonchev–Trinajstić information content (AvgIpc) is 3.02. The van der Waals surface area contributed by atoms with Gasteiger partial charge in [0, 0.05) is 16.5 Å². The Kier molecular flexibility index (Phi) is 5.96. The molecule has 3 rings (SSSR count). The molecule has 0 radical (unpaired) electrons. The fraction of sp³-hybridized carbons (Fsp3) is 0.333. The molecule has 0 aliphatic heterocycles. The topological polar surface area (TPSA) is 64.6 Å². The zero-order valence-electron chi connectivity index (χ0n) is 15.7. The monoisotopic (exact) mass is 385 g/mol. The molecule has 0 saturated heterocycles. The van der Waals surface area contributed by atoms with E-state index in [-0.39, 0.29) is 5.91 Å². The van der Waals surface area contributed by atoms with E-state index >= 15 is 0 Å². The van der Waals surface area contributed by atoms with Gasteiger partial charge in [-0.1, -0.05) is 25.1 Å². The fourth-order valence-corrected chi connectivity index (χ4v) is 4.68. The highest BCUT2D eigenvalue weighted by molar-refractivity contribution is 7.17. The van der Waals surface area contributed by atoms with Crippen LogP contribution in [0.3, 0.4) is 0 Å². The molecule has 5 nitrogen and oxygen atoms in total. The van der Waals surface area contributed by atoms with Crippen LogP contribution in [0.2, 0.25) is 0 Å². The molecular weight excluding hydrogens is 362 g/mol. The molecule has 142 valence electrons. The van der Waals surface area contributed by atoms with Crippen molar-refractivity contribution in [2.45, 2.75) is 26.2 Å². The maximum Gasteiger partial charge on any atom is 0.341 e. The second-order valence-electron chi connectivity index (χ2n) is 6.61. The summed E-state index contributed by atoms with van der Waals surface area (Å²) in [6.07, 6.45) is 5.94. The first kappa shape index (κ1) is 19.2. The van der Waals surface area contributed by atoms with Crippen molar-refractivity contribution in [2.24, 2.45) is 5.92 Å². The zero-order valence-corrected chi connectivity index (χ0v) is 16.5. The van der Waals surface area contributed by atoms with E-state index in [0.717, 1.165) is 35.3 Å². The van der Waals surface area contributed by atoms with E-state index in [1.807, 2.05) is 24.3 Å². The van der Waals surface area contributed by atoms with Crippen molar-refractivity contribution in [3.63, 3.8) is 0 Å². The molecule has 1 N–H and O–H groups in total. The molecule has 1 aliphatic rings. The molecule has 1 aliphatic carbocycles. The number of ether oxygens (including phenoxy) is 2. The molecule has 27 heavy (non-hydrogen) atoms. The van der Waals surface area contributed by atoms with Gasteiger partial charge >= 0.3 is 5.97 Å². The van der Waals surface area contributed by atoms with Crippen LogP contribution in [0.1, 0.15) is 39.7 Å². The summed E-state index contributed by atoms with van der Waals surface area (Å²) in [5.41, 5.74) is 2.33. The number of methoxy groups -OCH3 is 2. The van der Waals surface area contributed by atoms with E-state index in [9.17, 15) is 9.59 Å². The summed E-state index contributed by atoms with van der Waals surface area (Å²) in [5, 5.41) is 3.42. The molecule has 0 saturated carbocycles. The average molecular weight is 385 g/mol. The first-order valence-corrected chi connectivity index (χ1v) is 9.70. The summed E-state index contributed by atoms with van der Waals surface area (Å²) < 4.78 is 10.2. The number of carbonyl (C=O) groups is 2. The number of nitrogens with one attached hydrogen (secondary N) is 1. The number of hydrogen-bond donors (Lipinski definition) is 1. The molecule has 6 heteroatoms. The minimum atomic E-state index is -0.397. The van der Waals surface area contributed by atoms with Gasteiger partial charge in [-0.2, -0.15) is 0 Å². The maximum atomic E-state index is 12.4. The third-order valence-corrected chi connectivity index (χ3v) is 5.86. The lowest BCUT2D eigenvalue weighted by atomic mass is 9.88. The Morgan fingerprint density at radius 1 is 1.26 bits per heavy atom. The van der Waals surface area contributed by atoms with Crippen LogP contribution in [0, 0.1) is 5.92 Å². The van der Waals surface area contributed by atoms with Gasteiger partial charge in [-0.05, 0) is 42.9 Å². The number of para-hydroxylation sites is 1. The predicted octanol–water partition coefficient (Wildman–Crippen LogP) is 4.32. The summed E-state index contributed by atoms with van der Waals surface area (Å²) in [7, 11) is 2.96. The second-order valence-corrected chi connectivity index (χ2v) is 7.72. The van der Waals surface area contributed by atoms with Gasteiger partial charge in [0.2, 0.25) is 5.91 Å². The lowest BCUT2D eigenvalue weighted by molar-refractivity contribution is -0.111. The van der Waals surface area contributed by atoms with Crippen molar-refractivity contribution in [3.05, 3.63) is 51.9 Å². The third-order valence-electron chi connectivity index (χ3n) is 4.69. The van der Waals surface area contributed by atoms with Crippen LogP contribution in [0.4, 0.5) is 5.00 Å². The van der Waals surface area contributed by atoms with Crippen LogP contribution in [-0.2, 0) is 22.4 Å². The van der Waals surface area contributed by atoms with E-state index in [4.69, 9.17) is 9.47 Å². The third kappa shape index (κ3) is 4.22. The van der Waals surface area contributed by atoms with Crippen molar-refractivity contribution >= 4 is 34.3 Å². The van der Waals surface area contributed by atoms with Crippen LogP contribution >= 0.6 is 11.3 Å². The molecule has 1 aromatic carbocycles. The van der Waals surface area contributed by atoms with Crippen LogP contribution in [0.5, 0.6) is 5.75 Å². The Labute approximate surface area is 163 Å². The smallest absolute Gasteiger partial charge is 0.341 e. The van der Waals surface area contributed by atoms with Crippen molar-refractivity contribution in [1.82, 2.24) is 0 Å². The lowest BCUT2D eigenvalue weighted by Crippen LogP contribution is -2.14. The normalized spacial score (nSPS) is 16.0. The summed E-state index contributed by atoms with van der Waals surface area (Å²) in [5.74, 6) is 0.580. The van der Waals surface area contributed by atoms with Gasteiger partial charge in [0.15, 0.2) is 0 Å². The van der Waals surface area contributed by atoms with Gasteiger partial charge in [-0.15, -0.1) is 11.3 Å². The highest BCUT2D eigenvalue weighted by Gasteiger charge is 2.28. The van der Waals surface area contributed by atoms with Gasteiger partial charge in [0.1, 0.15) is 10.8 Å². The maximum absolute atomic E-state index is 12.4. The largest absolute Gasteiger partial charge is 0.496 e. The van der Waals surface area contributed by atoms with E-state index in [2.05, 4.69) is 12.2 Å². The number of amides is 1. The second kappa shape index (κ2) is 8.39. The zero-order chi connectivity index (χ0) is 19.4. The Morgan fingerprint density at radius 2 is 2.04 bits per heavy atom. The number of esters is 1. The SMILES string of the molecule is COC(=O)c1c(NC(=O)/C=C/c2ccccc2OC)sc2c1CC[C@@H](C)C2. The first-order chi connectivity index (χ1) is 13.0. The number of carbonyl (C=O) groups excluding carboxylic acids is 2. The summed E-state index contributed by atoms with van der Waals surface area (Å²) >= 11 is 1.48. The van der Waals surface area contributed by atoms with Gasteiger partial charge in [-0.25, -0.2) is 4.79 Å². The summed E-state index contributed by atoms with van der Waals surface area (Å²) in [6, 6.07) is 7.45. The molecule has 2 aromatic rings. The fourth-order valence-electron chi connectivity index (χ4n) is 3.28. The quantitative estimate of drug-likeness (QED) is 0.615. The number of thiophene rings is 1. The van der Waals surface area contributed by atoms with Gasteiger partial charge in [0.25, 0.3) is 0 Å². The minimum absolute atomic E-state index is 0.294. The van der Waals surface area contributed by atoms with Crippen molar-refractivity contribution in [2.75, 3.05) is 19.5 Å².